The van der Waals surface area contributed by atoms with Gasteiger partial charge in [0.25, 0.3) is 5.91 Å². The number of rotatable bonds is 6. The normalized spacial score (nSPS) is 12.8. The maximum Gasteiger partial charge on any atom is 0.251 e. The molecule has 0 radical (unpaired) electrons. The first-order valence-corrected chi connectivity index (χ1v) is 7.03. The summed E-state index contributed by atoms with van der Waals surface area (Å²) in [5, 5.41) is 2.95. The third kappa shape index (κ3) is 3.36. The summed E-state index contributed by atoms with van der Waals surface area (Å²) in [6.45, 7) is 5.86. The van der Waals surface area contributed by atoms with Crippen LogP contribution in [0.25, 0.3) is 5.65 Å². The molecule has 0 bridgehead atoms. The fraction of sp³-hybridized carbons (Fsp3) is 0.467. The molecule has 0 spiro atoms. The molecule has 2 heterocycles. The molecule has 0 saturated heterocycles. The Kier molecular flexibility index (Phi) is 4.74. The van der Waals surface area contributed by atoms with Gasteiger partial charge in [0.05, 0.1) is 0 Å². The largest absolute Gasteiger partial charge is 0.351 e. The van der Waals surface area contributed by atoms with Crippen LogP contribution >= 0.6 is 0 Å². The van der Waals surface area contributed by atoms with Gasteiger partial charge in [-0.25, -0.2) is 4.98 Å². The zero-order valence-corrected chi connectivity index (χ0v) is 12.3. The summed E-state index contributed by atoms with van der Waals surface area (Å²) in [6, 6.07) is 4.14. The molecular formula is C15H22N4O. The molecule has 1 atom stereocenters. The van der Waals surface area contributed by atoms with Gasteiger partial charge in [0.15, 0.2) is 0 Å². The summed E-state index contributed by atoms with van der Waals surface area (Å²) in [5.74, 6) is -0.0481. The van der Waals surface area contributed by atoms with Gasteiger partial charge in [-0.15, -0.1) is 0 Å². The minimum absolute atomic E-state index is 0.0481. The maximum absolute atomic E-state index is 12.1. The molecule has 5 nitrogen and oxygen atoms in total. The van der Waals surface area contributed by atoms with Crippen molar-refractivity contribution < 1.29 is 4.79 Å². The predicted molar refractivity (Wildman–Crippen MR) is 79.9 cm³/mol. The Labute approximate surface area is 119 Å². The average molecular weight is 274 g/mol. The van der Waals surface area contributed by atoms with Crippen molar-refractivity contribution in [1.29, 1.82) is 0 Å². The smallest absolute Gasteiger partial charge is 0.251 e. The van der Waals surface area contributed by atoms with Gasteiger partial charge in [0.1, 0.15) is 5.65 Å². The van der Waals surface area contributed by atoms with Gasteiger partial charge < -0.3 is 14.6 Å². The number of likely N-dealkylation sites (N-methyl/N-ethyl adjacent to an activating group) is 1. The number of fused-ring (bicyclic) bond motifs is 1. The second-order valence-corrected chi connectivity index (χ2v) is 5.10. The van der Waals surface area contributed by atoms with Gasteiger partial charge in [-0.3, -0.25) is 4.79 Å². The number of nitrogens with one attached hydrogen (secondary N) is 1. The second-order valence-electron chi connectivity index (χ2n) is 5.10. The van der Waals surface area contributed by atoms with E-state index in [4.69, 9.17) is 0 Å². The molecule has 2 aromatic heterocycles. The summed E-state index contributed by atoms with van der Waals surface area (Å²) < 4.78 is 1.88. The van der Waals surface area contributed by atoms with E-state index in [1.165, 1.54) is 0 Å². The van der Waals surface area contributed by atoms with E-state index in [9.17, 15) is 4.79 Å². The number of carbonyl (C=O) groups is 1. The van der Waals surface area contributed by atoms with E-state index in [-0.39, 0.29) is 5.91 Å². The van der Waals surface area contributed by atoms with Crippen LogP contribution < -0.4 is 5.32 Å². The van der Waals surface area contributed by atoms with Crippen LogP contribution in [0.4, 0.5) is 0 Å². The number of hydrogen-bond acceptors (Lipinski definition) is 3. The van der Waals surface area contributed by atoms with Crippen molar-refractivity contribution in [2.75, 3.05) is 20.1 Å². The molecule has 5 heteroatoms. The Morgan fingerprint density at radius 3 is 3.05 bits per heavy atom. The third-order valence-electron chi connectivity index (χ3n) is 3.75. The molecule has 1 unspecified atom stereocenters. The lowest BCUT2D eigenvalue weighted by Crippen LogP contribution is -2.37. The van der Waals surface area contributed by atoms with E-state index >= 15 is 0 Å². The molecule has 0 aliphatic rings. The molecule has 108 valence electrons. The molecule has 2 rings (SSSR count). The third-order valence-corrected chi connectivity index (χ3v) is 3.75. The van der Waals surface area contributed by atoms with Crippen molar-refractivity contribution in [2.45, 2.75) is 26.3 Å². The topological polar surface area (TPSA) is 49.6 Å². The van der Waals surface area contributed by atoms with Gasteiger partial charge in [0, 0.05) is 43.3 Å². The van der Waals surface area contributed by atoms with Crippen molar-refractivity contribution >= 4 is 11.6 Å². The van der Waals surface area contributed by atoms with Gasteiger partial charge in [0.2, 0.25) is 0 Å². The first-order chi connectivity index (χ1) is 9.61. The fourth-order valence-electron chi connectivity index (χ4n) is 2.03. The van der Waals surface area contributed by atoms with Crippen LogP contribution in [0.3, 0.4) is 0 Å². The quantitative estimate of drug-likeness (QED) is 0.874. The lowest BCUT2D eigenvalue weighted by molar-refractivity contribution is 0.0947. The first kappa shape index (κ1) is 14.5. The van der Waals surface area contributed by atoms with Crippen LogP contribution in [0, 0.1) is 0 Å². The molecular weight excluding hydrogens is 252 g/mol. The van der Waals surface area contributed by atoms with Crippen LogP contribution in [0.1, 0.15) is 30.6 Å². The number of hydrogen-bond donors (Lipinski definition) is 1. The number of nitrogens with zero attached hydrogens (tertiary/aromatic N) is 3. The van der Waals surface area contributed by atoms with E-state index in [0.29, 0.717) is 18.2 Å². The van der Waals surface area contributed by atoms with E-state index in [2.05, 4.69) is 36.1 Å². The number of carbonyl (C=O) groups excluding carboxylic acids is 1. The van der Waals surface area contributed by atoms with Crippen LogP contribution in [0.15, 0.2) is 30.7 Å². The Balaban J connectivity index is 1.88. The molecule has 0 aliphatic carbocycles. The molecule has 0 saturated carbocycles. The Morgan fingerprint density at radius 2 is 2.30 bits per heavy atom. The maximum atomic E-state index is 12.1. The van der Waals surface area contributed by atoms with Crippen molar-refractivity contribution in [1.82, 2.24) is 19.6 Å². The number of aromatic nitrogens is 2. The van der Waals surface area contributed by atoms with Crippen molar-refractivity contribution in [3.8, 4) is 0 Å². The highest BCUT2D eigenvalue weighted by atomic mass is 16.1. The molecule has 0 fully saturated rings. The Bertz CT molecular complexity index is 578. The van der Waals surface area contributed by atoms with E-state index in [1.54, 1.807) is 12.3 Å². The molecule has 2 aromatic rings. The Morgan fingerprint density at radius 1 is 1.50 bits per heavy atom. The Hall–Kier alpha value is -1.88. The van der Waals surface area contributed by atoms with Crippen LogP contribution in [0.2, 0.25) is 0 Å². The van der Waals surface area contributed by atoms with Crippen LogP contribution in [-0.4, -0.2) is 46.4 Å². The number of imidazole rings is 1. The van der Waals surface area contributed by atoms with E-state index in [0.717, 1.165) is 18.6 Å². The van der Waals surface area contributed by atoms with Crippen LogP contribution in [0.5, 0.6) is 0 Å². The van der Waals surface area contributed by atoms with E-state index in [1.807, 2.05) is 22.9 Å². The van der Waals surface area contributed by atoms with Gasteiger partial charge in [-0.2, -0.15) is 0 Å². The van der Waals surface area contributed by atoms with Crippen molar-refractivity contribution in [3.63, 3.8) is 0 Å². The summed E-state index contributed by atoms with van der Waals surface area (Å²) in [4.78, 5) is 18.5. The minimum Gasteiger partial charge on any atom is -0.351 e. The molecule has 0 aliphatic heterocycles. The zero-order chi connectivity index (χ0) is 14.5. The number of pyridine rings is 1. The summed E-state index contributed by atoms with van der Waals surface area (Å²) >= 11 is 0. The lowest BCUT2D eigenvalue weighted by atomic mass is 10.2. The average Bonchev–Trinajstić information content (AvgIpc) is 2.93. The second kappa shape index (κ2) is 6.52. The number of amides is 1. The summed E-state index contributed by atoms with van der Waals surface area (Å²) in [7, 11) is 2.08. The zero-order valence-electron chi connectivity index (χ0n) is 12.3. The highest BCUT2D eigenvalue weighted by Crippen LogP contribution is 2.05. The summed E-state index contributed by atoms with van der Waals surface area (Å²) in [5.41, 5.74) is 1.43. The molecule has 20 heavy (non-hydrogen) atoms. The van der Waals surface area contributed by atoms with Gasteiger partial charge in [-0.1, -0.05) is 6.92 Å². The molecule has 1 amide bonds. The van der Waals surface area contributed by atoms with Gasteiger partial charge in [-0.05, 0) is 32.5 Å². The SMILES string of the molecule is CCC(C)N(C)CCNC(=O)c1ccn2ccnc2c1. The molecule has 1 N–H and O–H groups in total. The minimum atomic E-state index is -0.0481. The standard InChI is InChI=1S/C15H22N4O/c1-4-12(2)18(3)9-6-17-15(20)13-5-8-19-10-7-16-14(19)11-13/h5,7-8,10-12H,4,6,9H2,1-3H3,(H,17,20). The highest BCUT2D eigenvalue weighted by molar-refractivity contribution is 5.94. The summed E-state index contributed by atoms with van der Waals surface area (Å²) in [6.07, 6.45) is 6.54. The van der Waals surface area contributed by atoms with Crippen molar-refractivity contribution in [2.24, 2.45) is 0 Å². The van der Waals surface area contributed by atoms with E-state index < -0.39 is 0 Å². The first-order valence-electron chi connectivity index (χ1n) is 7.03. The fourth-order valence-corrected chi connectivity index (χ4v) is 2.03. The highest BCUT2D eigenvalue weighted by Gasteiger charge is 2.09. The monoisotopic (exact) mass is 274 g/mol. The lowest BCUT2D eigenvalue weighted by Gasteiger charge is -2.23. The van der Waals surface area contributed by atoms with Crippen LogP contribution in [-0.2, 0) is 0 Å². The van der Waals surface area contributed by atoms with Gasteiger partial charge >= 0.3 is 0 Å². The molecule has 0 aromatic carbocycles. The predicted octanol–water partition coefficient (Wildman–Crippen LogP) is 1.79. The van der Waals surface area contributed by atoms with Crippen molar-refractivity contribution in [3.05, 3.63) is 36.3 Å².